The number of amides is 1. The summed E-state index contributed by atoms with van der Waals surface area (Å²) in [6, 6.07) is 7.33. The Balaban J connectivity index is 2.11. The van der Waals surface area contributed by atoms with E-state index in [2.05, 4.69) is 10.3 Å². The monoisotopic (exact) mass is 373 g/mol. The van der Waals surface area contributed by atoms with E-state index in [0.29, 0.717) is 17.7 Å². The summed E-state index contributed by atoms with van der Waals surface area (Å²) in [6.07, 6.45) is 1.27. The van der Waals surface area contributed by atoms with Crippen molar-refractivity contribution in [2.45, 2.75) is 58.2 Å². The number of hydrogen-bond acceptors (Lipinski definition) is 4. The summed E-state index contributed by atoms with van der Waals surface area (Å²) in [6.45, 7) is 7.51. The molecule has 27 heavy (non-hydrogen) atoms. The molecule has 6 heteroatoms. The van der Waals surface area contributed by atoms with Crippen molar-refractivity contribution in [2.75, 3.05) is 0 Å². The second kappa shape index (κ2) is 8.59. The standard InChI is InChI=1S/C21H28FN3O2/c1-13-10-15(22)8-7-14(13)11-17(23)19(26)12-18-16(6-5-9-24-18)20(27)25-21(2,3)4/h5-10,17,19,26H,11-12,23H2,1-4H3,(H,25,27). The number of nitrogens with two attached hydrogens (primary N) is 1. The maximum atomic E-state index is 13.2. The largest absolute Gasteiger partial charge is 0.391 e. The lowest BCUT2D eigenvalue weighted by Crippen LogP contribution is -2.42. The number of carbonyl (C=O) groups is 1. The van der Waals surface area contributed by atoms with E-state index >= 15 is 0 Å². The fourth-order valence-electron chi connectivity index (χ4n) is 2.84. The third kappa shape index (κ3) is 6.12. The van der Waals surface area contributed by atoms with Crippen molar-refractivity contribution >= 4 is 5.91 Å². The molecule has 1 heterocycles. The molecule has 0 aliphatic rings. The van der Waals surface area contributed by atoms with E-state index in [0.717, 1.165) is 11.1 Å². The van der Waals surface area contributed by atoms with Crippen LogP contribution in [0, 0.1) is 12.7 Å². The minimum Gasteiger partial charge on any atom is -0.391 e. The van der Waals surface area contributed by atoms with Crippen LogP contribution >= 0.6 is 0 Å². The fourth-order valence-corrected chi connectivity index (χ4v) is 2.84. The molecule has 5 nitrogen and oxygen atoms in total. The second-order valence-corrected chi connectivity index (χ2v) is 7.91. The third-order valence-corrected chi connectivity index (χ3v) is 4.28. The van der Waals surface area contributed by atoms with Gasteiger partial charge >= 0.3 is 0 Å². The van der Waals surface area contributed by atoms with Gasteiger partial charge in [0.25, 0.3) is 5.91 Å². The van der Waals surface area contributed by atoms with E-state index in [1.54, 1.807) is 24.4 Å². The number of nitrogens with one attached hydrogen (secondary N) is 1. The Labute approximate surface area is 159 Å². The zero-order chi connectivity index (χ0) is 20.2. The summed E-state index contributed by atoms with van der Waals surface area (Å²) in [7, 11) is 0. The van der Waals surface area contributed by atoms with Crippen LogP contribution < -0.4 is 11.1 Å². The highest BCUT2D eigenvalue weighted by atomic mass is 19.1. The lowest BCUT2D eigenvalue weighted by Gasteiger charge is -2.23. The molecular formula is C21H28FN3O2. The Bertz CT molecular complexity index is 802. The Morgan fingerprint density at radius 3 is 2.63 bits per heavy atom. The van der Waals surface area contributed by atoms with E-state index in [9.17, 15) is 14.3 Å². The average molecular weight is 373 g/mol. The molecule has 0 fully saturated rings. The van der Waals surface area contributed by atoms with E-state index in [1.807, 2.05) is 27.7 Å². The predicted molar refractivity (Wildman–Crippen MR) is 104 cm³/mol. The Morgan fingerprint density at radius 2 is 2.00 bits per heavy atom. The molecule has 146 valence electrons. The third-order valence-electron chi connectivity index (χ3n) is 4.28. The molecule has 2 rings (SSSR count). The number of halogens is 1. The van der Waals surface area contributed by atoms with E-state index in [1.165, 1.54) is 12.1 Å². The number of rotatable bonds is 6. The van der Waals surface area contributed by atoms with Gasteiger partial charge in [-0.15, -0.1) is 0 Å². The Morgan fingerprint density at radius 1 is 1.30 bits per heavy atom. The molecule has 1 aromatic heterocycles. The molecule has 1 amide bonds. The van der Waals surface area contributed by atoms with Crippen molar-refractivity contribution in [1.29, 1.82) is 0 Å². The minimum atomic E-state index is -0.884. The minimum absolute atomic E-state index is 0.162. The molecule has 2 unspecified atom stereocenters. The summed E-state index contributed by atoms with van der Waals surface area (Å²) in [4.78, 5) is 16.8. The van der Waals surface area contributed by atoms with Crippen molar-refractivity contribution in [3.63, 3.8) is 0 Å². The summed E-state index contributed by atoms with van der Waals surface area (Å²) >= 11 is 0. The second-order valence-electron chi connectivity index (χ2n) is 7.91. The number of nitrogens with zero attached hydrogens (tertiary/aromatic N) is 1. The van der Waals surface area contributed by atoms with Crippen LogP contribution in [0.3, 0.4) is 0 Å². The van der Waals surface area contributed by atoms with Gasteiger partial charge in [-0.3, -0.25) is 9.78 Å². The molecule has 2 atom stereocenters. The zero-order valence-electron chi connectivity index (χ0n) is 16.3. The van der Waals surface area contributed by atoms with Gasteiger partial charge in [0.1, 0.15) is 5.82 Å². The number of aryl methyl sites for hydroxylation is 1. The van der Waals surface area contributed by atoms with Crippen molar-refractivity contribution in [3.8, 4) is 0 Å². The summed E-state index contributed by atoms with van der Waals surface area (Å²) < 4.78 is 13.2. The molecule has 4 N–H and O–H groups in total. The number of pyridine rings is 1. The maximum Gasteiger partial charge on any atom is 0.253 e. The van der Waals surface area contributed by atoms with Gasteiger partial charge in [-0.25, -0.2) is 4.39 Å². The van der Waals surface area contributed by atoms with Gasteiger partial charge in [-0.05, 0) is 69.5 Å². The van der Waals surface area contributed by atoms with Crippen molar-refractivity contribution in [2.24, 2.45) is 5.73 Å². The first-order valence-corrected chi connectivity index (χ1v) is 9.02. The molecule has 0 saturated heterocycles. The van der Waals surface area contributed by atoms with E-state index in [-0.39, 0.29) is 23.7 Å². The molecule has 0 aliphatic heterocycles. The van der Waals surface area contributed by atoms with Crippen LogP contribution in [0.25, 0.3) is 0 Å². The quantitative estimate of drug-likeness (QED) is 0.726. The number of carbonyl (C=O) groups excluding carboxylic acids is 1. The Hall–Kier alpha value is -2.31. The first-order chi connectivity index (χ1) is 12.6. The average Bonchev–Trinajstić information content (AvgIpc) is 2.56. The molecule has 1 aromatic carbocycles. The lowest BCUT2D eigenvalue weighted by atomic mass is 9.95. The van der Waals surface area contributed by atoms with Crippen LogP contribution in [0.4, 0.5) is 4.39 Å². The molecule has 0 aliphatic carbocycles. The van der Waals surface area contributed by atoms with Gasteiger partial charge in [0, 0.05) is 24.2 Å². The normalized spacial score (nSPS) is 13.9. The molecule has 0 radical (unpaired) electrons. The molecule has 0 bridgehead atoms. The van der Waals surface area contributed by atoms with Crippen LogP contribution in [0.5, 0.6) is 0 Å². The zero-order valence-corrected chi connectivity index (χ0v) is 16.3. The highest BCUT2D eigenvalue weighted by Gasteiger charge is 2.23. The SMILES string of the molecule is Cc1cc(F)ccc1CC(N)C(O)Cc1ncccc1C(=O)NC(C)(C)C. The number of aliphatic hydroxyl groups excluding tert-OH is 1. The summed E-state index contributed by atoms with van der Waals surface area (Å²) in [5.74, 6) is -0.533. The van der Waals surface area contributed by atoms with Crippen molar-refractivity contribution < 1.29 is 14.3 Å². The Kier molecular flexibility index (Phi) is 6.68. The van der Waals surface area contributed by atoms with Gasteiger partial charge in [0.05, 0.1) is 17.4 Å². The molecule has 0 spiro atoms. The smallest absolute Gasteiger partial charge is 0.253 e. The molecule has 2 aromatic rings. The molecular weight excluding hydrogens is 345 g/mol. The highest BCUT2D eigenvalue weighted by Crippen LogP contribution is 2.16. The van der Waals surface area contributed by atoms with Crippen LogP contribution in [0.15, 0.2) is 36.5 Å². The van der Waals surface area contributed by atoms with Gasteiger partial charge in [0.15, 0.2) is 0 Å². The first-order valence-electron chi connectivity index (χ1n) is 9.02. The number of hydrogen-bond donors (Lipinski definition) is 3. The van der Waals surface area contributed by atoms with Crippen molar-refractivity contribution in [1.82, 2.24) is 10.3 Å². The lowest BCUT2D eigenvalue weighted by molar-refractivity contribution is 0.0916. The van der Waals surface area contributed by atoms with Crippen LogP contribution in [-0.2, 0) is 12.8 Å². The number of benzene rings is 1. The van der Waals surface area contributed by atoms with Crippen LogP contribution in [0.1, 0.15) is 48.0 Å². The highest BCUT2D eigenvalue weighted by molar-refractivity contribution is 5.95. The first kappa shape index (κ1) is 21.0. The van der Waals surface area contributed by atoms with Gasteiger partial charge in [-0.2, -0.15) is 0 Å². The fraction of sp³-hybridized carbons (Fsp3) is 0.429. The van der Waals surface area contributed by atoms with Crippen LogP contribution in [0.2, 0.25) is 0 Å². The van der Waals surface area contributed by atoms with E-state index in [4.69, 9.17) is 5.73 Å². The van der Waals surface area contributed by atoms with Gasteiger partial charge < -0.3 is 16.2 Å². The number of aromatic nitrogens is 1. The predicted octanol–water partition coefficient (Wildman–Crippen LogP) is 2.53. The summed E-state index contributed by atoms with van der Waals surface area (Å²) in [5.41, 5.74) is 8.39. The van der Waals surface area contributed by atoms with Crippen molar-refractivity contribution in [3.05, 3.63) is 64.7 Å². The number of aliphatic hydroxyl groups is 1. The van der Waals surface area contributed by atoms with Gasteiger partial charge in [-0.1, -0.05) is 6.07 Å². The topological polar surface area (TPSA) is 88.2 Å². The van der Waals surface area contributed by atoms with Crippen LogP contribution in [-0.4, -0.2) is 33.7 Å². The van der Waals surface area contributed by atoms with E-state index < -0.39 is 12.1 Å². The molecule has 0 saturated carbocycles. The maximum absolute atomic E-state index is 13.2. The van der Waals surface area contributed by atoms with Gasteiger partial charge in [0.2, 0.25) is 0 Å². The summed E-state index contributed by atoms with van der Waals surface area (Å²) in [5, 5.41) is 13.4.